The molecule has 1 aliphatic heterocycles. The van der Waals surface area contributed by atoms with Gasteiger partial charge in [0, 0.05) is 42.9 Å². The zero-order chi connectivity index (χ0) is 27.7. The summed E-state index contributed by atoms with van der Waals surface area (Å²) in [5.74, 6) is 2.10. The molecule has 1 aliphatic rings. The van der Waals surface area contributed by atoms with Gasteiger partial charge in [-0.1, -0.05) is 57.2 Å². The Morgan fingerprint density at radius 2 is 1.45 bits per heavy atom. The van der Waals surface area contributed by atoms with Crippen LogP contribution >= 0.6 is 0 Å². The highest BCUT2D eigenvalue weighted by Crippen LogP contribution is 2.41. The Bertz CT molecular complexity index is 1630. The molecule has 0 atom stereocenters. The van der Waals surface area contributed by atoms with E-state index in [1.54, 1.807) is 6.20 Å². The summed E-state index contributed by atoms with van der Waals surface area (Å²) in [6, 6.07) is 35.0. The maximum absolute atomic E-state index is 6.34. The number of ether oxygens (including phenoxy) is 1. The van der Waals surface area contributed by atoms with Crippen molar-refractivity contribution in [3.63, 3.8) is 0 Å². The Kier molecular flexibility index (Phi) is 6.60. The van der Waals surface area contributed by atoms with Crippen LogP contribution in [0, 0.1) is 0 Å². The maximum Gasteiger partial charge on any atom is 0.221 e. The Hall–Kier alpha value is -4.84. The van der Waals surface area contributed by atoms with Gasteiger partial charge in [-0.3, -0.25) is 4.90 Å². The largest absolute Gasteiger partial charge is 0.439 e. The normalized spacial score (nSPS) is 12.8. The second-order valence-corrected chi connectivity index (χ2v) is 11.0. The van der Waals surface area contributed by atoms with E-state index in [9.17, 15) is 0 Å². The van der Waals surface area contributed by atoms with E-state index in [-0.39, 0.29) is 5.41 Å². The van der Waals surface area contributed by atoms with Gasteiger partial charge in [0.25, 0.3) is 0 Å². The number of benzene rings is 3. The number of nitrogens with zero attached hydrogens (tertiary/aromatic N) is 5. The van der Waals surface area contributed by atoms with Gasteiger partial charge in [-0.25, -0.2) is 9.97 Å². The van der Waals surface area contributed by atoms with Crippen molar-refractivity contribution in [1.29, 1.82) is 0 Å². The third-order valence-electron chi connectivity index (χ3n) is 7.12. The van der Waals surface area contributed by atoms with Crippen LogP contribution < -0.4 is 19.4 Å². The molecule has 0 amide bonds. The van der Waals surface area contributed by atoms with Crippen LogP contribution in [0.25, 0.3) is 0 Å². The summed E-state index contributed by atoms with van der Waals surface area (Å²) < 4.78 is 6.34. The molecule has 0 fully saturated rings. The molecule has 3 heterocycles. The van der Waals surface area contributed by atoms with Crippen molar-refractivity contribution in [1.82, 2.24) is 9.97 Å². The van der Waals surface area contributed by atoms with E-state index >= 15 is 0 Å². The average molecular weight is 528 g/mol. The molecule has 0 saturated heterocycles. The minimum Gasteiger partial charge on any atom is -0.439 e. The molecule has 6 heteroatoms. The van der Waals surface area contributed by atoms with Crippen molar-refractivity contribution in [2.75, 3.05) is 28.4 Å². The van der Waals surface area contributed by atoms with Gasteiger partial charge >= 0.3 is 0 Å². The van der Waals surface area contributed by atoms with Crippen LogP contribution in [0.1, 0.15) is 26.3 Å². The molecule has 2 aromatic heterocycles. The number of pyridine rings is 2. The smallest absolute Gasteiger partial charge is 0.221 e. The van der Waals surface area contributed by atoms with Crippen LogP contribution in [0.3, 0.4) is 0 Å². The molecule has 200 valence electrons. The lowest BCUT2D eigenvalue weighted by atomic mass is 9.88. The molecular formula is C34H33N5O. The summed E-state index contributed by atoms with van der Waals surface area (Å²) in [5.41, 5.74) is 6.62. The second kappa shape index (κ2) is 10.4. The zero-order valence-electron chi connectivity index (χ0n) is 23.3. The lowest BCUT2D eigenvalue weighted by molar-refractivity contribution is 0.463. The predicted octanol–water partition coefficient (Wildman–Crippen LogP) is 8.58. The van der Waals surface area contributed by atoms with Crippen molar-refractivity contribution in [3.8, 4) is 11.6 Å². The average Bonchev–Trinajstić information content (AvgIpc) is 3.30. The number of hydrogen-bond donors (Lipinski definition) is 0. The summed E-state index contributed by atoms with van der Waals surface area (Å²) in [5, 5.41) is 0. The topological polar surface area (TPSA) is 44.7 Å². The van der Waals surface area contributed by atoms with Crippen LogP contribution in [0.4, 0.5) is 34.3 Å². The SMILES string of the molecule is CN1CN(c2ccnc(Oc3cccc(N(c4ccccc4)c4cc(C(C)(C)C)ccn4)c3)c2)c2ccccc21. The molecule has 0 saturated carbocycles. The molecule has 0 radical (unpaired) electrons. The Morgan fingerprint density at radius 1 is 0.725 bits per heavy atom. The van der Waals surface area contributed by atoms with Gasteiger partial charge in [0.15, 0.2) is 0 Å². The minimum atomic E-state index is 0.00630. The fourth-order valence-electron chi connectivity index (χ4n) is 5.03. The zero-order valence-corrected chi connectivity index (χ0v) is 23.3. The Labute approximate surface area is 236 Å². The molecule has 40 heavy (non-hydrogen) atoms. The lowest BCUT2D eigenvalue weighted by Crippen LogP contribution is -2.23. The van der Waals surface area contributed by atoms with Crippen LogP contribution in [-0.4, -0.2) is 23.7 Å². The van der Waals surface area contributed by atoms with E-state index in [2.05, 4.69) is 102 Å². The van der Waals surface area contributed by atoms with Crippen LogP contribution in [0.5, 0.6) is 11.6 Å². The van der Waals surface area contributed by atoms with Gasteiger partial charge in [-0.15, -0.1) is 0 Å². The van der Waals surface area contributed by atoms with Crippen LogP contribution in [0.15, 0.2) is 116 Å². The highest BCUT2D eigenvalue weighted by atomic mass is 16.5. The predicted molar refractivity (Wildman–Crippen MR) is 164 cm³/mol. The maximum atomic E-state index is 6.34. The van der Waals surface area contributed by atoms with Gasteiger partial charge in [0.05, 0.1) is 23.7 Å². The van der Waals surface area contributed by atoms with Crippen molar-refractivity contribution < 1.29 is 4.74 Å². The van der Waals surface area contributed by atoms with Crippen LogP contribution in [0.2, 0.25) is 0 Å². The van der Waals surface area contributed by atoms with Gasteiger partial charge in [0.2, 0.25) is 5.88 Å². The van der Waals surface area contributed by atoms with Crippen molar-refractivity contribution in [2.45, 2.75) is 26.2 Å². The van der Waals surface area contributed by atoms with Crippen molar-refractivity contribution >= 4 is 34.3 Å². The molecule has 0 aliphatic carbocycles. The first-order chi connectivity index (χ1) is 19.4. The van der Waals surface area contributed by atoms with Gasteiger partial charge in [-0.2, -0.15) is 0 Å². The number of rotatable bonds is 6. The number of para-hydroxylation sites is 3. The molecule has 6 rings (SSSR count). The summed E-state index contributed by atoms with van der Waals surface area (Å²) in [4.78, 5) is 15.9. The van der Waals surface area contributed by atoms with Gasteiger partial charge in [0.1, 0.15) is 11.6 Å². The van der Waals surface area contributed by atoms with Crippen molar-refractivity contribution in [2.24, 2.45) is 0 Å². The van der Waals surface area contributed by atoms with E-state index in [0.717, 1.165) is 29.5 Å². The fourth-order valence-corrected chi connectivity index (χ4v) is 5.03. The quantitative estimate of drug-likeness (QED) is 0.220. The van der Waals surface area contributed by atoms with E-state index < -0.39 is 0 Å². The Morgan fingerprint density at radius 3 is 2.25 bits per heavy atom. The summed E-state index contributed by atoms with van der Waals surface area (Å²) in [7, 11) is 2.10. The second-order valence-electron chi connectivity index (χ2n) is 11.0. The van der Waals surface area contributed by atoms with E-state index in [0.29, 0.717) is 11.6 Å². The standard InChI is InChI=1S/C34H33N5O/c1-34(2,3)25-17-19-35-32(21-25)39(26-11-6-5-7-12-26)28-13-10-14-29(22-28)40-33-23-27(18-20-36-33)38-24-37(4)30-15-8-9-16-31(30)38/h5-23H,24H2,1-4H3. The summed E-state index contributed by atoms with van der Waals surface area (Å²) in [6.45, 7) is 7.42. The number of aromatic nitrogens is 2. The number of fused-ring (bicyclic) bond motifs is 1. The molecule has 0 unspecified atom stereocenters. The molecule has 3 aromatic carbocycles. The first kappa shape index (κ1) is 25.4. The molecule has 0 bridgehead atoms. The minimum absolute atomic E-state index is 0.00630. The summed E-state index contributed by atoms with van der Waals surface area (Å²) in [6.07, 6.45) is 3.68. The highest BCUT2D eigenvalue weighted by molar-refractivity contribution is 5.82. The third-order valence-corrected chi connectivity index (χ3v) is 7.12. The molecule has 0 N–H and O–H groups in total. The van der Waals surface area contributed by atoms with Gasteiger partial charge < -0.3 is 14.5 Å². The molecule has 5 aromatic rings. The monoisotopic (exact) mass is 527 g/mol. The first-order valence-corrected chi connectivity index (χ1v) is 13.5. The third kappa shape index (κ3) is 5.08. The van der Waals surface area contributed by atoms with Gasteiger partial charge in [-0.05, 0) is 65.6 Å². The number of anilines is 6. The lowest BCUT2D eigenvalue weighted by Gasteiger charge is -2.27. The highest BCUT2D eigenvalue weighted by Gasteiger charge is 2.24. The molecule has 6 nitrogen and oxygen atoms in total. The molecular weight excluding hydrogens is 494 g/mol. The van der Waals surface area contributed by atoms with E-state index in [1.807, 2.05) is 54.7 Å². The number of hydrogen-bond acceptors (Lipinski definition) is 6. The van der Waals surface area contributed by atoms with Crippen molar-refractivity contribution in [3.05, 3.63) is 121 Å². The summed E-state index contributed by atoms with van der Waals surface area (Å²) >= 11 is 0. The first-order valence-electron chi connectivity index (χ1n) is 13.5. The molecule has 0 spiro atoms. The van der Waals surface area contributed by atoms with E-state index in [4.69, 9.17) is 9.72 Å². The van der Waals surface area contributed by atoms with Crippen LogP contribution in [-0.2, 0) is 5.41 Å². The fraction of sp³-hybridized carbons (Fsp3) is 0.176. The Balaban J connectivity index is 1.33. The van der Waals surface area contributed by atoms with E-state index in [1.165, 1.54) is 16.9 Å².